The molecular weight excluding hydrogens is 449 g/mol. The molecule has 4 nitrogen and oxygen atoms in total. The van der Waals surface area contributed by atoms with Crippen LogP contribution in [-0.2, 0) is 17.1 Å². The van der Waals surface area contributed by atoms with Gasteiger partial charge in [0, 0.05) is 10.6 Å². The summed E-state index contributed by atoms with van der Waals surface area (Å²) in [7, 11) is 0. The molecule has 0 aliphatic carbocycles. The summed E-state index contributed by atoms with van der Waals surface area (Å²) in [6.45, 7) is 0. The summed E-state index contributed by atoms with van der Waals surface area (Å²) in [5, 5.41) is 11.4. The molecule has 0 unspecified atom stereocenters. The first kappa shape index (κ1) is 24.3. The Labute approximate surface area is 192 Å². The van der Waals surface area contributed by atoms with Gasteiger partial charge >= 0.3 is 41.9 Å². The van der Waals surface area contributed by atoms with Gasteiger partial charge in [0.25, 0.3) is 5.91 Å². The van der Waals surface area contributed by atoms with Crippen LogP contribution in [0.25, 0.3) is 0 Å². The zero-order valence-corrected chi connectivity index (χ0v) is 17.7. The van der Waals surface area contributed by atoms with Crippen molar-refractivity contribution in [2.24, 2.45) is 4.99 Å². The second-order valence-electron chi connectivity index (χ2n) is 5.85. The fourth-order valence-electron chi connectivity index (χ4n) is 2.61. The molecule has 30 heavy (non-hydrogen) atoms. The fraction of sp³-hybridized carbons (Fsp3) is 0.111. The van der Waals surface area contributed by atoms with Crippen LogP contribution in [0.15, 0.2) is 59.4 Å². The number of hydrogen-bond acceptors (Lipinski definition) is 3. The molecule has 3 rings (SSSR count). The van der Waals surface area contributed by atoms with E-state index in [4.69, 9.17) is 11.6 Å². The Balaban J connectivity index is 0.00000320. The van der Waals surface area contributed by atoms with Crippen LogP contribution in [0.3, 0.4) is 0 Å². The molecule has 0 aromatic heterocycles. The molecule has 0 atom stereocenters. The number of amides is 1. The molecule has 0 N–H and O–H groups in total. The van der Waals surface area contributed by atoms with E-state index in [0.29, 0.717) is 12.1 Å². The van der Waals surface area contributed by atoms with E-state index in [1.54, 1.807) is 0 Å². The van der Waals surface area contributed by atoms with Crippen molar-refractivity contribution < 1.29 is 65.8 Å². The van der Waals surface area contributed by atoms with Gasteiger partial charge in [0.15, 0.2) is 0 Å². The van der Waals surface area contributed by atoms with Crippen molar-refractivity contribution in [3.05, 3.63) is 76.1 Å². The minimum Gasteiger partial charge on any atom is -0.876 e. The van der Waals surface area contributed by atoms with Gasteiger partial charge in [-0.2, -0.15) is 26.3 Å². The van der Waals surface area contributed by atoms with Gasteiger partial charge in [-0.15, -0.1) is 6.26 Å². The maximum absolute atomic E-state index is 13.1. The first-order chi connectivity index (χ1) is 13.4. The van der Waals surface area contributed by atoms with Gasteiger partial charge < -0.3 is 5.11 Å². The van der Waals surface area contributed by atoms with E-state index in [1.807, 2.05) is 0 Å². The molecule has 0 fully saturated rings. The molecular formula is C18H8ClF6N2NaO2. The van der Waals surface area contributed by atoms with Crippen LogP contribution in [0.5, 0.6) is 0 Å². The summed E-state index contributed by atoms with van der Waals surface area (Å²) >= 11 is 5.76. The number of hydrogen-bond donors (Lipinski definition) is 0. The molecule has 0 radical (unpaired) electrons. The number of aliphatic imine (C=N–C) groups is 1. The van der Waals surface area contributed by atoms with Gasteiger partial charge in [0.1, 0.15) is 11.5 Å². The van der Waals surface area contributed by atoms with Crippen LogP contribution in [0.1, 0.15) is 16.7 Å². The number of amidine groups is 1. The van der Waals surface area contributed by atoms with Crippen molar-refractivity contribution in [1.82, 2.24) is 0 Å². The number of carbonyl (C=O) groups excluding carboxylic acids is 1. The van der Waals surface area contributed by atoms with Gasteiger partial charge in [0.2, 0.25) is 0 Å². The third kappa shape index (κ3) is 4.83. The maximum atomic E-state index is 13.1. The average Bonchev–Trinajstić information content (AvgIpc) is 2.97. The Morgan fingerprint density at radius 1 is 0.933 bits per heavy atom. The van der Waals surface area contributed by atoms with Gasteiger partial charge in [-0.05, 0) is 42.5 Å². The van der Waals surface area contributed by atoms with Crippen molar-refractivity contribution in [3.8, 4) is 0 Å². The van der Waals surface area contributed by atoms with Crippen LogP contribution < -0.4 is 39.6 Å². The molecule has 1 amide bonds. The molecule has 152 valence electrons. The van der Waals surface area contributed by atoms with Crippen molar-refractivity contribution in [2.75, 3.05) is 4.90 Å². The van der Waals surface area contributed by atoms with E-state index in [2.05, 4.69) is 4.99 Å². The van der Waals surface area contributed by atoms with Crippen LogP contribution in [0, 0.1) is 0 Å². The minimum atomic E-state index is -5.08. The third-order valence-electron chi connectivity index (χ3n) is 3.90. The van der Waals surface area contributed by atoms with Crippen molar-refractivity contribution in [3.63, 3.8) is 0 Å². The second-order valence-corrected chi connectivity index (χ2v) is 6.29. The van der Waals surface area contributed by atoms with Gasteiger partial charge in [-0.1, -0.05) is 11.6 Å². The Bertz CT molecular complexity index is 1000. The number of benzene rings is 2. The van der Waals surface area contributed by atoms with Crippen molar-refractivity contribution >= 4 is 29.0 Å². The fourth-order valence-corrected chi connectivity index (χ4v) is 2.73. The van der Waals surface area contributed by atoms with Gasteiger partial charge in [-0.3, -0.25) is 9.69 Å². The van der Waals surface area contributed by atoms with Crippen LogP contribution in [-0.4, -0.2) is 11.7 Å². The molecule has 0 saturated carbocycles. The summed E-state index contributed by atoms with van der Waals surface area (Å²) in [6, 6.07) is 6.14. The molecule has 0 saturated heterocycles. The van der Waals surface area contributed by atoms with Crippen molar-refractivity contribution in [1.29, 1.82) is 0 Å². The van der Waals surface area contributed by atoms with E-state index in [-0.39, 0.29) is 52.6 Å². The predicted octanol–water partition coefficient (Wildman–Crippen LogP) is 1.38. The summed E-state index contributed by atoms with van der Waals surface area (Å²) in [5.41, 5.74) is -4.39. The van der Waals surface area contributed by atoms with E-state index in [1.165, 1.54) is 24.3 Å². The largest absolute Gasteiger partial charge is 1.00 e. The standard InChI is InChI=1S/C18H9ClF6N2O2.Na/c19-12-1-3-13(4-2-12)27-15(26-14(8-28)16(27)29)9-5-10(17(20,21)22)7-11(6-9)18(23,24)25;/h1-8,28H;/q;+1/p-1/b14-8+;. The quantitative estimate of drug-likeness (QED) is 0.297. The smallest absolute Gasteiger partial charge is 0.876 e. The normalized spacial score (nSPS) is 16.0. The molecule has 2 aromatic carbocycles. The number of nitrogens with zero attached hydrogens (tertiary/aromatic N) is 2. The molecule has 2 aromatic rings. The van der Waals surface area contributed by atoms with Crippen LogP contribution in [0.2, 0.25) is 5.02 Å². The number of alkyl halides is 6. The van der Waals surface area contributed by atoms with Gasteiger partial charge in [-0.25, -0.2) is 4.99 Å². The SMILES string of the molecule is O=C1/C(=C\[O-])N=C(c2cc(C(F)(F)F)cc(C(F)(F)F)c2)N1c1ccc(Cl)cc1.[Na+]. The molecule has 1 heterocycles. The monoisotopic (exact) mass is 456 g/mol. The summed E-state index contributed by atoms with van der Waals surface area (Å²) in [6.07, 6.45) is -10.1. The Morgan fingerprint density at radius 3 is 1.87 bits per heavy atom. The number of rotatable bonds is 2. The second kappa shape index (κ2) is 8.62. The van der Waals surface area contributed by atoms with E-state index in [9.17, 15) is 36.2 Å². The molecule has 0 bridgehead atoms. The Hall–Kier alpha value is -2.01. The topological polar surface area (TPSA) is 55.7 Å². The first-order valence-electron chi connectivity index (χ1n) is 7.72. The summed E-state index contributed by atoms with van der Waals surface area (Å²) in [4.78, 5) is 16.8. The van der Waals surface area contributed by atoms with Crippen LogP contribution >= 0.6 is 11.6 Å². The zero-order chi connectivity index (χ0) is 21.6. The maximum Gasteiger partial charge on any atom is 1.00 e. The number of halogens is 7. The predicted molar refractivity (Wildman–Crippen MR) is 90.0 cm³/mol. The van der Waals surface area contributed by atoms with Crippen molar-refractivity contribution in [2.45, 2.75) is 12.4 Å². The third-order valence-corrected chi connectivity index (χ3v) is 4.15. The Kier molecular flexibility index (Phi) is 6.97. The molecule has 1 aliphatic rings. The van der Waals surface area contributed by atoms with Crippen LogP contribution in [0.4, 0.5) is 32.0 Å². The van der Waals surface area contributed by atoms with Gasteiger partial charge in [0.05, 0.1) is 16.8 Å². The zero-order valence-electron chi connectivity index (χ0n) is 15.0. The molecule has 1 aliphatic heterocycles. The first-order valence-corrected chi connectivity index (χ1v) is 8.10. The molecule has 0 spiro atoms. The summed E-state index contributed by atoms with van der Waals surface area (Å²) < 4.78 is 78.9. The van der Waals surface area contributed by atoms with E-state index in [0.717, 1.165) is 4.90 Å². The van der Waals surface area contributed by atoms with E-state index >= 15 is 0 Å². The molecule has 12 heteroatoms. The average molecular weight is 457 g/mol. The minimum absolute atomic E-state index is 0. The number of anilines is 1. The summed E-state index contributed by atoms with van der Waals surface area (Å²) in [5.74, 6) is -1.54. The number of carbonyl (C=O) groups is 1. The Morgan fingerprint density at radius 2 is 1.43 bits per heavy atom. The van der Waals surface area contributed by atoms with E-state index < -0.39 is 46.5 Å².